The average molecular weight is 238 g/mol. The summed E-state index contributed by atoms with van der Waals surface area (Å²) in [6, 6.07) is 0. The van der Waals surface area contributed by atoms with Crippen molar-refractivity contribution in [2.45, 2.75) is 0 Å². The quantitative estimate of drug-likeness (QED) is 0.563. The van der Waals surface area contributed by atoms with E-state index in [0.29, 0.717) is 18.0 Å². The summed E-state index contributed by atoms with van der Waals surface area (Å²) in [6.07, 6.45) is 6.70. The highest BCUT2D eigenvalue weighted by atomic mass is 32.2. The largest absolute Gasteiger partial charge is 0.396 e. The zero-order valence-corrected chi connectivity index (χ0v) is 9.88. The SMILES string of the molecule is C#CCSCCNC(=O)c1nn(C)cc1N. The Kier molecular flexibility index (Phi) is 4.73. The van der Waals surface area contributed by atoms with Gasteiger partial charge in [0, 0.05) is 25.5 Å². The molecular formula is C10H14N4OS. The number of terminal acetylenes is 1. The second kappa shape index (κ2) is 6.08. The van der Waals surface area contributed by atoms with E-state index in [1.165, 1.54) is 4.68 Å². The maximum atomic E-state index is 11.6. The summed E-state index contributed by atoms with van der Waals surface area (Å²) in [5.41, 5.74) is 6.27. The van der Waals surface area contributed by atoms with Crippen molar-refractivity contribution in [1.82, 2.24) is 15.1 Å². The van der Waals surface area contributed by atoms with Crippen molar-refractivity contribution in [1.29, 1.82) is 0 Å². The molecule has 0 aliphatic heterocycles. The van der Waals surface area contributed by atoms with Gasteiger partial charge in [0.1, 0.15) is 0 Å². The molecule has 6 heteroatoms. The van der Waals surface area contributed by atoms with Crippen LogP contribution in [-0.2, 0) is 7.05 Å². The van der Waals surface area contributed by atoms with Crippen molar-refractivity contribution in [3.63, 3.8) is 0 Å². The van der Waals surface area contributed by atoms with Gasteiger partial charge in [-0.3, -0.25) is 9.48 Å². The Morgan fingerprint density at radius 1 is 1.81 bits per heavy atom. The summed E-state index contributed by atoms with van der Waals surface area (Å²) in [5.74, 6) is 3.70. The highest BCUT2D eigenvalue weighted by Gasteiger charge is 2.12. The Bertz CT molecular complexity index is 407. The molecular weight excluding hydrogens is 224 g/mol. The molecule has 0 saturated carbocycles. The number of amides is 1. The number of carbonyl (C=O) groups is 1. The van der Waals surface area contributed by atoms with Crippen molar-refractivity contribution < 1.29 is 4.79 Å². The van der Waals surface area contributed by atoms with Gasteiger partial charge in [-0.15, -0.1) is 18.2 Å². The lowest BCUT2D eigenvalue weighted by molar-refractivity contribution is 0.0951. The van der Waals surface area contributed by atoms with Crippen LogP contribution in [0.1, 0.15) is 10.5 Å². The zero-order chi connectivity index (χ0) is 12.0. The van der Waals surface area contributed by atoms with E-state index in [1.807, 2.05) is 0 Å². The van der Waals surface area contributed by atoms with E-state index in [4.69, 9.17) is 12.2 Å². The van der Waals surface area contributed by atoms with Gasteiger partial charge < -0.3 is 11.1 Å². The van der Waals surface area contributed by atoms with Gasteiger partial charge in [-0.25, -0.2) is 0 Å². The molecule has 1 heterocycles. The lowest BCUT2D eigenvalue weighted by atomic mass is 10.3. The fourth-order valence-corrected chi connectivity index (χ4v) is 1.64. The minimum Gasteiger partial charge on any atom is -0.396 e. The molecule has 0 saturated heterocycles. The van der Waals surface area contributed by atoms with E-state index >= 15 is 0 Å². The van der Waals surface area contributed by atoms with Crippen LogP contribution >= 0.6 is 11.8 Å². The number of anilines is 1. The van der Waals surface area contributed by atoms with Crippen LogP contribution in [0, 0.1) is 12.3 Å². The van der Waals surface area contributed by atoms with E-state index in [0.717, 1.165) is 5.75 Å². The number of aryl methyl sites for hydroxylation is 1. The molecule has 0 spiro atoms. The Morgan fingerprint density at radius 3 is 3.12 bits per heavy atom. The molecule has 0 aliphatic carbocycles. The van der Waals surface area contributed by atoms with Crippen LogP contribution in [0.25, 0.3) is 0 Å². The minimum atomic E-state index is -0.251. The molecule has 1 aromatic heterocycles. The normalized spacial score (nSPS) is 9.75. The summed E-state index contributed by atoms with van der Waals surface area (Å²) in [7, 11) is 1.72. The molecule has 86 valence electrons. The fraction of sp³-hybridized carbons (Fsp3) is 0.400. The summed E-state index contributed by atoms with van der Waals surface area (Å²) in [5, 5.41) is 6.69. The van der Waals surface area contributed by atoms with Crippen molar-refractivity contribution >= 4 is 23.4 Å². The van der Waals surface area contributed by atoms with E-state index in [9.17, 15) is 4.79 Å². The van der Waals surface area contributed by atoms with Gasteiger partial charge in [-0.2, -0.15) is 5.10 Å². The van der Waals surface area contributed by atoms with Gasteiger partial charge in [0.05, 0.1) is 11.4 Å². The topological polar surface area (TPSA) is 72.9 Å². The predicted molar refractivity (Wildman–Crippen MR) is 66.1 cm³/mol. The average Bonchev–Trinajstić information content (AvgIpc) is 2.57. The van der Waals surface area contributed by atoms with Gasteiger partial charge in [-0.05, 0) is 0 Å². The van der Waals surface area contributed by atoms with Crippen molar-refractivity contribution in [3.05, 3.63) is 11.9 Å². The van der Waals surface area contributed by atoms with Gasteiger partial charge in [-0.1, -0.05) is 5.92 Å². The standard InChI is InChI=1S/C10H14N4OS/c1-3-5-16-6-4-12-10(15)9-8(11)7-14(2)13-9/h1,7H,4-6,11H2,2H3,(H,12,15). The number of nitrogens with one attached hydrogen (secondary N) is 1. The van der Waals surface area contributed by atoms with Crippen LogP contribution in [0.4, 0.5) is 5.69 Å². The Morgan fingerprint density at radius 2 is 2.56 bits per heavy atom. The number of carbonyl (C=O) groups excluding carboxylic acids is 1. The number of aromatic nitrogens is 2. The van der Waals surface area contributed by atoms with E-state index in [1.54, 1.807) is 25.0 Å². The summed E-state index contributed by atoms with van der Waals surface area (Å²) < 4.78 is 1.51. The molecule has 1 aromatic rings. The predicted octanol–water partition coefficient (Wildman–Crippen LogP) is 0.0985. The van der Waals surface area contributed by atoms with Crippen LogP contribution < -0.4 is 11.1 Å². The van der Waals surface area contributed by atoms with E-state index in [-0.39, 0.29) is 11.6 Å². The molecule has 0 radical (unpaired) electrons. The number of hydrogen-bond donors (Lipinski definition) is 2. The van der Waals surface area contributed by atoms with E-state index < -0.39 is 0 Å². The second-order valence-corrected chi connectivity index (χ2v) is 4.22. The minimum absolute atomic E-state index is 0.251. The number of nitrogens with two attached hydrogens (primary N) is 1. The Labute approximate surface area is 98.8 Å². The van der Waals surface area contributed by atoms with Crippen LogP contribution in [0.15, 0.2) is 6.20 Å². The lowest BCUT2D eigenvalue weighted by Gasteiger charge is -2.02. The van der Waals surface area contributed by atoms with E-state index in [2.05, 4.69) is 16.3 Å². The third-order valence-electron chi connectivity index (χ3n) is 1.79. The molecule has 0 unspecified atom stereocenters. The smallest absolute Gasteiger partial charge is 0.273 e. The van der Waals surface area contributed by atoms with Gasteiger partial charge in [0.2, 0.25) is 0 Å². The molecule has 0 aromatic carbocycles. The summed E-state index contributed by atoms with van der Waals surface area (Å²) >= 11 is 1.59. The number of hydrogen-bond acceptors (Lipinski definition) is 4. The molecule has 1 amide bonds. The van der Waals surface area contributed by atoms with Gasteiger partial charge in [0.25, 0.3) is 5.91 Å². The third kappa shape index (κ3) is 3.51. The first-order valence-electron chi connectivity index (χ1n) is 4.73. The fourth-order valence-electron chi connectivity index (χ4n) is 1.13. The van der Waals surface area contributed by atoms with Crippen LogP contribution in [0.3, 0.4) is 0 Å². The molecule has 5 nitrogen and oxygen atoms in total. The lowest BCUT2D eigenvalue weighted by Crippen LogP contribution is -2.27. The Hall–Kier alpha value is -1.61. The summed E-state index contributed by atoms with van der Waals surface area (Å²) in [6.45, 7) is 0.557. The number of nitrogen functional groups attached to an aromatic ring is 1. The van der Waals surface area contributed by atoms with Gasteiger partial charge in [0.15, 0.2) is 5.69 Å². The first-order chi connectivity index (χ1) is 7.65. The maximum Gasteiger partial charge on any atom is 0.273 e. The van der Waals surface area contributed by atoms with Crippen LogP contribution in [0.2, 0.25) is 0 Å². The van der Waals surface area contributed by atoms with Crippen molar-refractivity contribution in [2.24, 2.45) is 7.05 Å². The number of thioether (sulfide) groups is 1. The zero-order valence-electron chi connectivity index (χ0n) is 9.06. The molecule has 1 rings (SSSR count). The molecule has 0 fully saturated rings. The highest BCUT2D eigenvalue weighted by Crippen LogP contribution is 2.07. The van der Waals surface area contributed by atoms with Crippen molar-refractivity contribution in [3.8, 4) is 12.3 Å². The Balaban J connectivity index is 2.36. The number of nitrogens with zero attached hydrogens (tertiary/aromatic N) is 2. The maximum absolute atomic E-state index is 11.6. The first-order valence-corrected chi connectivity index (χ1v) is 5.89. The molecule has 0 aliphatic rings. The molecule has 0 bridgehead atoms. The van der Waals surface area contributed by atoms with Gasteiger partial charge >= 0.3 is 0 Å². The molecule has 0 atom stereocenters. The monoisotopic (exact) mass is 238 g/mol. The van der Waals surface area contributed by atoms with Crippen LogP contribution in [-0.4, -0.2) is 33.7 Å². The van der Waals surface area contributed by atoms with Crippen LogP contribution in [0.5, 0.6) is 0 Å². The first kappa shape index (κ1) is 12.5. The summed E-state index contributed by atoms with van der Waals surface area (Å²) in [4.78, 5) is 11.6. The van der Waals surface area contributed by atoms with Crippen molar-refractivity contribution in [2.75, 3.05) is 23.8 Å². The molecule has 3 N–H and O–H groups in total. The molecule has 16 heavy (non-hydrogen) atoms. The third-order valence-corrected chi connectivity index (χ3v) is 2.65. The number of rotatable bonds is 5. The second-order valence-electron chi connectivity index (χ2n) is 3.12. The highest BCUT2D eigenvalue weighted by molar-refractivity contribution is 7.99.